The Balaban J connectivity index is 2.32. The lowest BCUT2D eigenvalue weighted by Gasteiger charge is -2.07. The Morgan fingerprint density at radius 1 is 1.33 bits per heavy atom. The van der Waals surface area contributed by atoms with Gasteiger partial charge in [-0.05, 0) is 43.9 Å². The van der Waals surface area contributed by atoms with Gasteiger partial charge < -0.3 is 15.2 Å². The number of unbranched alkanes of at least 4 members (excludes halogenated alkanes) is 2. The van der Waals surface area contributed by atoms with Gasteiger partial charge in [-0.15, -0.1) is 0 Å². The van der Waals surface area contributed by atoms with Crippen molar-refractivity contribution in [3.8, 4) is 5.75 Å². The van der Waals surface area contributed by atoms with Gasteiger partial charge in [0.05, 0.1) is 5.56 Å². The minimum atomic E-state index is -0.223. The lowest BCUT2D eigenvalue weighted by molar-refractivity contribution is 0.0950. The zero-order chi connectivity index (χ0) is 13.4. The molecule has 0 aliphatic heterocycles. The predicted octanol–water partition coefficient (Wildman–Crippen LogP) is 2.25. The summed E-state index contributed by atoms with van der Waals surface area (Å²) < 4.78 is 4.95. The minimum absolute atomic E-state index is 0.0342. The van der Waals surface area contributed by atoms with Crippen LogP contribution in [0.2, 0.25) is 0 Å². The predicted molar refractivity (Wildman–Crippen MR) is 70.9 cm³/mol. The van der Waals surface area contributed by atoms with Crippen LogP contribution in [-0.4, -0.2) is 31.3 Å². The standard InChI is InChI=1S/C14H21NO3/c1-11-6-7-12(13(16)10-11)14(17)15-8-4-3-5-9-18-2/h6-7,10,16H,3-5,8-9H2,1-2H3,(H,15,17). The molecular formula is C14H21NO3. The normalized spacial score (nSPS) is 10.3. The Morgan fingerprint density at radius 3 is 2.78 bits per heavy atom. The Kier molecular flexibility index (Phi) is 6.22. The van der Waals surface area contributed by atoms with E-state index in [0.717, 1.165) is 31.4 Å². The number of hydrogen-bond donors (Lipinski definition) is 2. The Morgan fingerprint density at radius 2 is 2.11 bits per heavy atom. The van der Waals surface area contributed by atoms with Crippen molar-refractivity contribution in [2.75, 3.05) is 20.3 Å². The number of aryl methyl sites for hydroxylation is 1. The highest BCUT2D eigenvalue weighted by Crippen LogP contribution is 2.17. The first-order valence-electron chi connectivity index (χ1n) is 6.22. The van der Waals surface area contributed by atoms with Gasteiger partial charge in [0, 0.05) is 20.3 Å². The van der Waals surface area contributed by atoms with E-state index < -0.39 is 0 Å². The fourth-order valence-electron chi connectivity index (χ4n) is 1.68. The topological polar surface area (TPSA) is 58.6 Å². The molecule has 0 bridgehead atoms. The number of nitrogens with one attached hydrogen (secondary N) is 1. The number of ether oxygens (including phenoxy) is 1. The summed E-state index contributed by atoms with van der Waals surface area (Å²) in [7, 11) is 1.68. The summed E-state index contributed by atoms with van der Waals surface area (Å²) in [5.74, 6) is -0.189. The molecule has 0 aliphatic carbocycles. The second-order valence-electron chi connectivity index (χ2n) is 4.33. The first-order valence-corrected chi connectivity index (χ1v) is 6.22. The van der Waals surface area contributed by atoms with Crippen molar-refractivity contribution in [3.63, 3.8) is 0 Å². The summed E-state index contributed by atoms with van der Waals surface area (Å²) in [5.41, 5.74) is 1.26. The number of benzene rings is 1. The van der Waals surface area contributed by atoms with Crippen molar-refractivity contribution >= 4 is 5.91 Å². The van der Waals surface area contributed by atoms with Gasteiger partial charge in [-0.1, -0.05) is 6.07 Å². The van der Waals surface area contributed by atoms with E-state index in [2.05, 4.69) is 5.32 Å². The molecule has 1 rings (SSSR count). The van der Waals surface area contributed by atoms with Gasteiger partial charge >= 0.3 is 0 Å². The first-order chi connectivity index (χ1) is 8.65. The van der Waals surface area contributed by atoms with Gasteiger partial charge in [-0.25, -0.2) is 0 Å². The third-order valence-corrected chi connectivity index (χ3v) is 2.71. The molecule has 100 valence electrons. The average molecular weight is 251 g/mol. The zero-order valence-corrected chi connectivity index (χ0v) is 11.0. The molecule has 2 N–H and O–H groups in total. The van der Waals surface area contributed by atoms with Gasteiger partial charge in [0.25, 0.3) is 5.91 Å². The minimum Gasteiger partial charge on any atom is -0.507 e. The Hall–Kier alpha value is -1.55. The molecule has 0 aromatic heterocycles. The summed E-state index contributed by atoms with van der Waals surface area (Å²) in [6.45, 7) is 3.25. The van der Waals surface area contributed by atoms with E-state index in [1.165, 1.54) is 0 Å². The van der Waals surface area contributed by atoms with Crippen molar-refractivity contribution < 1.29 is 14.6 Å². The molecule has 1 amide bonds. The molecule has 0 fully saturated rings. The molecule has 4 nitrogen and oxygen atoms in total. The van der Waals surface area contributed by atoms with E-state index in [-0.39, 0.29) is 11.7 Å². The largest absolute Gasteiger partial charge is 0.507 e. The number of carbonyl (C=O) groups excluding carboxylic acids is 1. The number of aromatic hydroxyl groups is 1. The van der Waals surface area contributed by atoms with Crippen LogP contribution in [0.4, 0.5) is 0 Å². The third-order valence-electron chi connectivity index (χ3n) is 2.71. The van der Waals surface area contributed by atoms with Crippen LogP contribution in [0.25, 0.3) is 0 Å². The maximum absolute atomic E-state index is 11.8. The van der Waals surface area contributed by atoms with Crippen molar-refractivity contribution in [2.24, 2.45) is 0 Å². The summed E-state index contributed by atoms with van der Waals surface area (Å²) >= 11 is 0. The fraction of sp³-hybridized carbons (Fsp3) is 0.500. The molecule has 0 aliphatic rings. The van der Waals surface area contributed by atoms with Gasteiger partial charge in [-0.2, -0.15) is 0 Å². The van der Waals surface area contributed by atoms with Crippen molar-refractivity contribution in [3.05, 3.63) is 29.3 Å². The average Bonchev–Trinajstić information content (AvgIpc) is 2.33. The molecule has 1 aromatic carbocycles. The highest BCUT2D eigenvalue weighted by Gasteiger charge is 2.09. The van der Waals surface area contributed by atoms with Gasteiger partial charge in [0.1, 0.15) is 5.75 Å². The number of rotatable bonds is 7. The summed E-state index contributed by atoms with van der Waals surface area (Å²) in [6, 6.07) is 5.05. The van der Waals surface area contributed by atoms with Crippen molar-refractivity contribution in [1.82, 2.24) is 5.32 Å². The number of phenols is 1. The molecule has 0 spiro atoms. The maximum atomic E-state index is 11.8. The van der Waals surface area contributed by atoms with Crippen LogP contribution < -0.4 is 5.32 Å². The van der Waals surface area contributed by atoms with Gasteiger partial charge in [0.15, 0.2) is 0 Å². The van der Waals surface area contributed by atoms with Crippen LogP contribution in [-0.2, 0) is 4.74 Å². The number of amides is 1. The highest BCUT2D eigenvalue weighted by atomic mass is 16.5. The molecule has 0 saturated heterocycles. The summed E-state index contributed by atoms with van der Waals surface area (Å²) in [4.78, 5) is 11.8. The summed E-state index contributed by atoms with van der Waals surface area (Å²) in [6.07, 6.45) is 2.94. The van der Waals surface area contributed by atoms with E-state index in [1.54, 1.807) is 19.2 Å². The van der Waals surface area contributed by atoms with Crippen LogP contribution in [0, 0.1) is 6.92 Å². The smallest absolute Gasteiger partial charge is 0.255 e. The summed E-state index contributed by atoms with van der Waals surface area (Å²) in [5, 5.41) is 12.5. The third kappa shape index (κ3) is 4.75. The first kappa shape index (κ1) is 14.5. The van der Waals surface area contributed by atoms with E-state index >= 15 is 0 Å². The van der Waals surface area contributed by atoms with Crippen LogP contribution in [0.5, 0.6) is 5.75 Å². The quantitative estimate of drug-likeness (QED) is 0.731. The zero-order valence-electron chi connectivity index (χ0n) is 11.0. The van der Waals surface area contributed by atoms with Gasteiger partial charge in [0.2, 0.25) is 0 Å². The SMILES string of the molecule is COCCCCCNC(=O)c1ccc(C)cc1O. The lowest BCUT2D eigenvalue weighted by Crippen LogP contribution is -2.24. The van der Waals surface area contributed by atoms with Crippen molar-refractivity contribution in [1.29, 1.82) is 0 Å². The molecule has 4 heteroatoms. The van der Waals surface area contributed by atoms with E-state index in [4.69, 9.17) is 4.74 Å². The second-order valence-corrected chi connectivity index (χ2v) is 4.33. The number of hydrogen-bond acceptors (Lipinski definition) is 3. The molecule has 0 heterocycles. The molecule has 0 unspecified atom stereocenters. The maximum Gasteiger partial charge on any atom is 0.255 e. The second kappa shape index (κ2) is 7.71. The molecule has 0 atom stereocenters. The molecule has 18 heavy (non-hydrogen) atoms. The monoisotopic (exact) mass is 251 g/mol. The van der Waals surface area contributed by atoms with Crippen LogP contribution >= 0.6 is 0 Å². The number of phenolic OH excluding ortho intramolecular Hbond substituents is 1. The van der Waals surface area contributed by atoms with Crippen LogP contribution in [0.3, 0.4) is 0 Å². The van der Waals surface area contributed by atoms with E-state index in [9.17, 15) is 9.90 Å². The molecule has 0 saturated carbocycles. The van der Waals surface area contributed by atoms with E-state index in [0.29, 0.717) is 12.1 Å². The molecule has 0 radical (unpaired) electrons. The Bertz CT molecular complexity index is 391. The van der Waals surface area contributed by atoms with E-state index in [1.807, 2.05) is 13.0 Å². The van der Waals surface area contributed by atoms with Crippen LogP contribution in [0.15, 0.2) is 18.2 Å². The van der Waals surface area contributed by atoms with Crippen molar-refractivity contribution in [2.45, 2.75) is 26.2 Å². The highest BCUT2D eigenvalue weighted by molar-refractivity contribution is 5.96. The number of methoxy groups -OCH3 is 1. The van der Waals surface area contributed by atoms with Gasteiger partial charge in [-0.3, -0.25) is 4.79 Å². The van der Waals surface area contributed by atoms with Crippen LogP contribution in [0.1, 0.15) is 35.2 Å². The lowest BCUT2D eigenvalue weighted by atomic mass is 10.1. The number of carbonyl (C=O) groups is 1. The fourth-order valence-corrected chi connectivity index (χ4v) is 1.68. The molecule has 1 aromatic rings. The molecular weight excluding hydrogens is 230 g/mol. The Labute approximate surface area is 108 Å².